The smallest absolute Gasteiger partial charge is 0.251 e. The maximum atomic E-state index is 12.0. The van der Waals surface area contributed by atoms with Crippen molar-refractivity contribution in [3.63, 3.8) is 0 Å². The van der Waals surface area contributed by atoms with Gasteiger partial charge in [0.1, 0.15) is 5.75 Å². The summed E-state index contributed by atoms with van der Waals surface area (Å²) in [5, 5.41) is 21.4. The molecule has 0 unspecified atom stereocenters. The summed E-state index contributed by atoms with van der Waals surface area (Å²) in [6.45, 7) is 4.80. The van der Waals surface area contributed by atoms with Crippen LogP contribution in [-0.2, 0) is 0 Å². The Labute approximate surface area is 114 Å². The Hall–Kier alpha value is -1.55. The van der Waals surface area contributed by atoms with Crippen LogP contribution in [0.4, 0.5) is 0 Å². The van der Waals surface area contributed by atoms with E-state index in [0.717, 1.165) is 12.8 Å². The quantitative estimate of drug-likeness (QED) is 0.708. The molecule has 0 saturated heterocycles. The summed E-state index contributed by atoms with van der Waals surface area (Å²) in [5.41, 5.74) is 0.395. The number of carbonyl (C=O) groups is 1. The van der Waals surface area contributed by atoms with Crippen molar-refractivity contribution in [2.75, 3.05) is 13.2 Å². The normalized spacial score (nSPS) is 11.3. The summed E-state index contributed by atoms with van der Waals surface area (Å²) < 4.78 is 0. The van der Waals surface area contributed by atoms with Gasteiger partial charge in [-0.25, -0.2) is 0 Å². The molecule has 19 heavy (non-hydrogen) atoms. The van der Waals surface area contributed by atoms with Gasteiger partial charge < -0.3 is 15.5 Å². The second kappa shape index (κ2) is 7.14. The van der Waals surface area contributed by atoms with Crippen molar-refractivity contribution in [1.82, 2.24) is 5.32 Å². The lowest BCUT2D eigenvalue weighted by Gasteiger charge is -2.31. The number of phenolic OH excluding ortho intramolecular Hbond substituents is 1. The van der Waals surface area contributed by atoms with Crippen molar-refractivity contribution >= 4 is 5.91 Å². The number of phenols is 1. The number of rotatable bonds is 7. The predicted octanol–water partition coefficient (Wildman–Crippen LogP) is 2.31. The molecule has 0 aliphatic carbocycles. The van der Waals surface area contributed by atoms with E-state index in [2.05, 4.69) is 19.2 Å². The fourth-order valence-corrected chi connectivity index (χ4v) is 2.20. The summed E-state index contributed by atoms with van der Waals surface area (Å²) >= 11 is 0. The number of nitrogens with one attached hydrogen (secondary N) is 1. The number of aromatic hydroxyl groups is 1. The molecule has 1 aromatic carbocycles. The zero-order chi connectivity index (χ0) is 14.3. The molecule has 3 N–H and O–H groups in total. The van der Waals surface area contributed by atoms with Gasteiger partial charge >= 0.3 is 0 Å². The molecule has 0 bridgehead atoms. The van der Waals surface area contributed by atoms with Crippen molar-refractivity contribution in [1.29, 1.82) is 0 Å². The van der Waals surface area contributed by atoms with Crippen molar-refractivity contribution in [2.24, 2.45) is 5.41 Å². The number of amides is 1. The molecule has 0 atom stereocenters. The van der Waals surface area contributed by atoms with Crippen LogP contribution >= 0.6 is 0 Å². The van der Waals surface area contributed by atoms with Crippen molar-refractivity contribution < 1.29 is 15.0 Å². The molecule has 0 aromatic heterocycles. The van der Waals surface area contributed by atoms with Gasteiger partial charge in [0.05, 0.1) is 0 Å². The second-order valence-corrected chi connectivity index (χ2v) is 4.91. The maximum Gasteiger partial charge on any atom is 0.251 e. The van der Waals surface area contributed by atoms with E-state index in [1.54, 1.807) is 12.1 Å². The Morgan fingerprint density at radius 2 is 2.00 bits per heavy atom. The lowest BCUT2D eigenvalue weighted by atomic mass is 9.79. The van der Waals surface area contributed by atoms with E-state index < -0.39 is 0 Å². The van der Waals surface area contributed by atoms with E-state index in [9.17, 15) is 9.90 Å². The maximum absolute atomic E-state index is 12.0. The molecule has 0 heterocycles. The van der Waals surface area contributed by atoms with E-state index in [4.69, 9.17) is 5.11 Å². The largest absolute Gasteiger partial charge is 0.508 e. The SMILES string of the molecule is CCC(CC)(CCO)CNC(=O)c1cccc(O)c1. The molecule has 106 valence electrons. The summed E-state index contributed by atoms with van der Waals surface area (Å²) in [7, 11) is 0. The first kappa shape index (κ1) is 15.5. The van der Waals surface area contributed by atoms with Gasteiger partial charge in [0.15, 0.2) is 0 Å². The van der Waals surface area contributed by atoms with Gasteiger partial charge in [0.25, 0.3) is 5.91 Å². The topological polar surface area (TPSA) is 69.6 Å². The Bertz CT molecular complexity index is 414. The molecule has 0 spiro atoms. The highest BCUT2D eigenvalue weighted by Gasteiger charge is 2.26. The Morgan fingerprint density at radius 3 is 2.53 bits per heavy atom. The molecule has 1 amide bonds. The van der Waals surface area contributed by atoms with Gasteiger partial charge in [0.2, 0.25) is 0 Å². The zero-order valence-electron chi connectivity index (χ0n) is 11.6. The molecule has 1 aromatic rings. The predicted molar refractivity (Wildman–Crippen MR) is 75.2 cm³/mol. The van der Waals surface area contributed by atoms with Gasteiger partial charge in [-0.3, -0.25) is 4.79 Å². The minimum atomic E-state index is -0.194. The average Bonchev–Trinajstić information content (AvgIpc) is 2.43. The standard InChI is InChI=1S/C15H23NO3/c1-3-15(4-2,8-9-17)11-16-14(19)12-6-5-7-13(18)10-12/h5-7,10,17-18H,3-4,8-9,11H2,1-2H3,(H,16,19). The van der Waals surface area contributed by atoms with Crippen LogP contribution < -0.4 is 5.32 Å². The van der Waals surface area contributed by atoms with Crippen LogP contribution in [0.25, 0.3) is 0 Å². The number of hydrogen-bond acceptors (Lipinski definition) is 3. The molecule has 1 rings (SSSR count). The van der Waals surface area contributed by atoms with E-state index in [1.165, 1.54) is 12.1 Å². The van der Waals surface area contributed by atoms with Crippen LogP contribution in [0.2, 0.25) is 0 Å². The Kier molecular flexibility index (Phi) is 5.83. The van der Waals surface area contributed by atoms with E-state index in [-0.39, 0.29) is 23.7 Å². The number of aliphatic hydroxyl groups excluding tert-OH is 1. The number of hydrogen-bond donors (Lipinski definition) is 3. The molecule has 4 heteroatoms. The summed E-state index contributed by atoms with van der Waals surface area (Å²) in [4.78, 5) is 12.0. The van der Waals surface area contributed by atoms with Crippen LogP contribution in [0, 0.1) is 5.41 Å². The highest BCUT2D eigenvalue weighted by atomic mass is 16.3. The van der Waals surface area contributed by atoms with Crippen LogP contribution in [0.5, 0.6) is 5.75 Å². The van der Waals surface area contributed by atoms with Crippen LogP contribution in [0.1, 0.15) is 43.5 Å². The van der Waals surface area contributed by atoms with Crippen molar-refractivity contribution in [2.45, 2.75) is 33.1 Å². The molecule has 0 fully saturated rings. The first-order valence-corrected chi connectivity index (χ1v) is 6.75. The second-order valence-electron chi connectivity index (χ2n) is 4.91. The number of carbonyl (C=O) groups excluding carboxylic acids is 1. The van der Waals surface area contributed by atoms with Crippen molar-refractivity contribution in [3.8, 4) is 5.75 Å². The molecule has 4 nitrogen and oxygen atoms in total. The molecule has 0 radical (unpaired) electrons. The molecular weight excluding hydrogens is 242 g/mol. The van der Waals surface area contributed by atoms with Crippen LogP contribution in [0.3, 0.4) is 0 Å². The highest BCUT2D eigenvalue weighted by Crippen LogP contribution is 2.29. The number of benzene rings is 1. The molecule has 0 aliphatic heterocycles. The van der Waals surface area contributed by atoms with Gasteiger partial charge in [-0.15, -0.1) is 0 Å². The summed E-state index contributed by atoms with van der Waals surface area (Å²) in [6.07, 6.45) is 2.50. The molecular formula is C15H23NO3. The summed E-state index contributed by atoms with van der Waals surface area (Å²) in [5.74, 6) is -0.111. The minimum absolute atomic E-state index is 0.0543. The van der Waals surface area contributed by atoms with Gasteiger partial charge in [-0.05, 0) is 42.9 Å². The third-order valence-electron chi connectivity index (χ3n) is 3.87. The summed E-state index contributed by atoms with van der Waals surface area (Å²) in [6, 6.07) is 6.29. The molecule has 0 aliphatic rings. The monoisotopic (exact) mass is 265 g/mol. The lowest BCUT2D eigenvalue weighted by molar-refractivity contribution is 0.0907. The van der Waals surface area contributed by atoms with Crippen LogP contribution in [0.15, 0.2) is 24.3 Å². The van der Waals surface area contributed by atoms with E-state index >= 15 is 0 Å². The first-order valence-electron chi connectivity index (χ1n) is 6.75. The van der Waals surface area contributed by atoms with Gasteiger partial charge in [-0.1, -0.05) is 19.9 Å². The van der Waals surface area contributed by atoms with Crippen LogP contribution in [-0.4, -0.2) is 29.3 Å². The third-order valence-corrected chi connectivity index (χ3v) is 3.87. The van der Waals surface area contributed by atoms with Gasteiger partial charge in [-0.2, -0.15) is 0 Å². The van der Waals surface area contributed by atoms with Gasteiger partial charge in [0, 0.05) is 18.7 Å². The Morgan fingerprint density at radius 1 is 1.32 bits per heavy atom. The van der Waals surface area contributed by atoms with E-state index in [0.29, 0.717) is 18.5 Å². The first-order chi connectivity index (χ1) is 9.06. The molecule has 0 saturated carbocycles. The zero-order valence-corrected chi connectivity index (χ0v) is 11.6. The fraction of sp³-hybridized carbons (Fsp3) is 0.533. The van der Waals surface area contributed by atoms with Crippen molar-refractivity contribution in [3.05, 3.63) is 29.8 Å². The number of aliphatic hydroxyl groups is 1. The fourth-order valence-electron chi connectivity index (χ4n) is 2.20. The Balaban J connectivity index is 2.66. The highest BCUT2D eigenvalue weighted by molar-refractivity contribution is 5.94. The lowest BCUT2D eigenvalue weighted by Crippen LogP contribution is -2.37. The van der Waals surface area contributed by atoms with E-state index in [1.807, 2.05) is 0 Å². The average molecular weight is 265 g/mol. The minimum Gasteiger partial charge on any atom is -0.508 e. The third kappa shape index (κ3) is 4.24.